The van der Waals surface area contributed by atoms with Crippen LogP contribution in [0.2, 0.25) is 0 Å². The number of hydrogen-bond donors (Lipinski definition) is 1. The summed E-state index contributed by atoms with van der Waals surface area (Å²) in [5, 5.41) is 0. The van der Waals surface area contributed by atoms with Crippen molar-refractivity contribution < 1.29 is 13.6 Å². The summed E-state index contributed by atoms with van der Waals surface area (Å²) < 4.78 is 27.3. The van der Waals surface area contributed by atoms with Gasteiger partial charge >= 0.3 is 0 Å². The lowest BCUT2D eigenvalue weighted by atomic mass is 9.89. The summed E-state index contributed by atoms with van der Waals surface area (Å²) in [5.41, 5.74) is 6.20. The van der Waals surface area contributed by atoms with Crippen molar-refractivity contribution in [2.45, 2.75) is 44.8 Å². The fraction of sp³-hybridized carbons (Fsp3) is 0.500. The van der Waals surface area contributed by atoms with Crippen LogP contribution < -0.4 is 5.73 Å². The molecule has 1 heterocycles. The fourth-order valence-electron chi connectivity index (χ4n) is 2.68. The maximum atomic E-state index is 14.0. The summed E-state index contributed by atoms with van der Waals surface area (Å²) in [6.07, 6.45) is 0.843. The van der Waals surface area contributed by atoms with Gasteiger partial charge in [-0.05, 0) is 26.3 Å². The van der Waals surface area contributed by atoms with Crippen LogP contribution in [0.3, 0.4) is 0 Å². The van der Waals surface area contributed by atoms with Gasteiger partial charge in [0.05, 0.1) is 6.04 Å². The highest BCUT2D eigenvalue weighted by atomic mass is 19.2. The van der Waals surface area contributed by atoms with Crippen LogP contribution in [0.15, 0.2) is 18.2 Å². The van der Waals surface area contributed by atoms with E-state index in [2.05, 4.69) is 0 Å². The van der Waals surface area contributed by atoms with E-state index in [-0.39, 0.29) is 23.6 Å². The molecule has 0 spiro atoms. The highest BCUT2D eigenvalue weighted by Gasteiger charge is 2.38. The highest BCUT2D eigenvalue weighted by molar-refractivity contribution is 5.78. The number of amides is 1. The van der Waals surface area contributed by atoms with Gasteiger partial charge in [-0.25, -0.2) is 8.78 Å². The van der Waals surface area contributed by atoms with Crippen LogP contribution in [-0.4, -0.2) is 22.9 Å². The molecule has 1 aliphatic heterocycles. The Hall–Kier alpha value is -1.49. The number of benzene rings is 1. The zero-order valence-electron chi connectivity index (χ0n) is 11.1. The van der Waals surface area contributed by atoms with Gasteiger partial charge in [0.15, 0.2) is 11.6 Å². The predicted molar refractivity (Wildman–Crippen MR) is 68.3 cm³/mol. The number of carbonyl (C=O) groups excluding carboxylic acids is 1. The molecule has 5 heteroatoms. The Bertz CT molecular complexity index is 490. The average molecular weight is 268 g/mol. The molecular formula is C14H18F2N2O. The highest BCUT2D eigenvalue weighted by Crippen LogP contribution is 2.34. The molecule has 1 amide bonds. The molecule has 19 heavy (non-hydrogen) atoms. The topological polar surface area (TPSA) is 46.3 Å². The molecular weight excluding hydrogens is 250 g/mol. The van der Waals surface area contributed by atoms with Crippen molar-refractivity contribution >= 4 is 5.91 Å². The van der Waals surface area contributed by atoms with Gasteiger partial charge in [-0.2, -0.15) is 0 Å². The Kier molecular flexibility index (Phi) is 3.85. The molecule has 104 valence electrons. The Balaban J connectivity index is 2.48. The molecule has 0 radical (unpaired) electrons. The number of hydrogen-bond acceptors (Lipinski definition) is 2. The van der Waals surface area contributed by atoms with Crippen molar-refractivity contribution in [1.29, 1.82) is 0 Å². The molecule has 3 nitrogen and oxygen atoms in total. The average Bonchev–Trinajstić information content (AvgIpc) is 2.35. The van der Waals surface area contributed by atoms with Crippen LogP contribution in [0.1, 0.15) is 38.3 Å². The van der Waals surface area contributed by atoms with Crippen LogP contribution in [0.5, 0.6) is 0 Å². The second-order valence-electron chi connectivity index (χ2n) is 5.19. The Morgan fingerprint density at radius 3 is 2.68 bits per heavy atom. The third kappa shape index (κ3) is 2.47. The Labute approximate surface area is 111 Å². The summed E-state index contributed by atoms with van der Waals surface area (Å²) in [6.45, 7) is 3.69. The minimum atomic E-state index is -0.914. The second-order valence-corrected chi connectivity index (χ2v) is 5.19. The molecule has 1 saturated heterocycles. The van der Waals surface area contributed by atoms with Crippen molar-refractivity contribution in [2.24, 2.45) is 5.73 Å². The van der Waals surface area contributed by atoms with Crippen LogP contribution in [0.4, 0.5) is 8.78 Å². The molecule has 2 rings (SSSR count). The van der Waals surface area contributed by atoms with Gasteiger partial charge in [0, 0.05) is 24.1 Å². The molecule has 2 N–H and O–H groups in total. The van der Waals surface area contributed by atoms with E-state index < -0.39 is 17.7 Å². The molecule has 0 saturated carbocycles. The number of nitrogens with zero attached hydrogens (tertiary/aromatic N) is 1. The first kappa shape index (κ1) is 13.9. The van der Waals surface area contributed by atoms with Crippen molar-refractivity contribution in [2.75, 3.05) is 0 Å². The lowest BCUT2D eigenvalue weighted by Crippen LogP contribution is -2.51. The lowest BCUT2D eigenvalue weighted by molar-refractivity contribution is -0.139. The smallest absolute Gasteiger partial charge is 0.223 e. The predicted octanol–water partition coefficient (Wildman–Crippen LogP) is 2.36. The van der Waals surface area contributed by atoms with Gasteiger partial charge in [0.1, 0.15) is 0 Å². The van der Waals surface area contributed by atoms with Gasteiger partial charge in [-0.1, -0.05) is 12.1 Å². The Morgan fingerprint density at radius 1 is 1.37 bits per heavy atom. The summed E-state index contributed by atoms with van der Waals surface area (Å²) >= 11 is 0. The normalized spacial score (nSPS) is 24.1. The minimum absolute atomic E-state index is 0.0645. The summed E-state index contributed by atoms with van der Waals surface area (Å²) in [7, 11) is 0. The molecule has 0 bridgehead atoms. The minimum Gasteiger partial charge on any atom is -0.332 e. The summed E-state index contributed by atoms with van der Waals surface area (Å²) in [6, 6.07) is 2.92. The van der Waals surface area contributed by atoms with Crippen LogP contribution in [-0.2, 0) is 4.79 Å². The number of piperidine rings is 1. The van der Waals surface area contributed by atoms with Crippen molar-refractivity contribution in [3.05, 3.63) is 35.4 Å². The zero-order chi connectivity index (χ0) is 14.2. The van der Waals surface area contributed by atoms with Gasteiger partial charge in [-0.3, -0.25) is 4.79 Å². The molecule has 0 aliphatic carbocycles. The van der Waals surface area contributed by atoms with E-state index in [0.717, 1.165) is 6.07 Å². The first-order valence-corrected chi connectivity index (χ1v) is 6.44. The standard InChI is InChI=1S/C14H18F2N2O/c1-8(2)18-12(19)7-6-11(17)14(18)9-4-3-5-10(15)13(9)16/h3-5,8,11,14H,6-7,17H2,1-2H3. The van der Waals surface area contributed by atoms with E-state index in [9.17, 15) is 13.6 Å². The van der Waals surface area contributed by atoms with Crippen molar-refractivity contribution in [1.82, 2.24) is 4.90 Å². The number of likely N-dealkylation sites (tertiary alicyclic amines) is 1. The zero-order valence-corrected chi connectivity index (χ0v) is 11.1. The molecule has 1 fully saturated rings. The van der Waals surface area contributed by atoms with E-state index in [0.29, 0.717) is 12.8 Å². The molecule has 1 aromatic carbocycles. The molecule has 1 aromatic rings. The van der Waals surface area contributed by atoms with Gasteiger partial charge < -0.3 is 10.6 Å². The third-order valence-electron chi connectivity index (χ3n) is 3.54. The van der Waals surface area contributed by atoms with Crippen molar-refractivity contribution in [3.63, 3.8) is 0 Å². The first-order chi connectivity index (χ1) is 8.93. The SMILES string of the molecule is CC(C)N1C(=O)CCC(N)C1c1cccc(F)c1F. The second kappa shape index (κ2) is 5.25. The van der Waals surface area contributed by atoms with Gasteiger partial charge in [0.25, 0.3) is 0 Å². The van der Waals surface area contributed by atoms with E-state index >= 15 is 0 Å². The number of rotatable bonds is 2. The van der Waals surface area contributed by atoms with Crippen LogP contribution in [0.25, 0.3) is 0 Å². The molecule has 0 aromatic heterocycles. The molecule has 1 aliphatic rings. The maximum absolute atomic E-state index is 14.0. The van der Waals surface area contributed by atoms with Gasteiger partial charge in [-0.15, -0.1) is 0 Å². The van der Waals surface area contributed by atoms with Crippen LogP contribution >= 0.6 is 0 Å². The quantitative estimate of drug-likeness (QED) is 0.895. The molecule has 2 atom stereocenters. The summed E-state index contributed by atoms with van der Waals surface area (Å²) in [4.78, 5) is 13.6. The van der Waals surface area contributed by atoms with E-state index in [1.54, 1.807) is 4.90 Å². The Morgan fingerprint density at radius 2 is 2.05 bits per heavy atom. The number of nitrogens with two attached hydrogens (primary N) is 1. The number of halogens is 2. The maximum Gasteiger partial charge on any atom is 0.223 e. The van der Waals surface area contributed by atoms with E-state index in [1.165, 1.54) is 12.1 Å². The monoisotopic (exact) mass is 268 g/mol. The number of carbonyl (C=O) groups is 1. The first-order valence-electron chi connectivity index (χ1n) is 6.44. The molecule has 2 unspecified atom stereocenters. The largest absolute Gasteiger partial charge is 0.332 e. The fourth-order valence-corrected chi connectivity index (χ4v) is 2.68. The lowest BCUT2D eigenvalue weighted by Gasteiger charge is -2.42. The van der Waals surface area contributed by atoms with Crippen molar-refractivity contribution in [3.8, 4) is 0 Å². The van der Waals surface area contributed by atoms with Gasteiger partial charge in [0.2, 0.25) is 5.91 Å². The third-order valence-corrected chi connectivity index (χ3v) is 3.54. The van der Waals surface area contributed by atoms with Crippen LogP contribution in [0, 0.1) is 11.6 Å². The summed E-state index contributed by atoms with van der Waals surface area (Å²) in [5.74, 6) is -1.89. The van der Waals surface area contributed by atoms with E-state index in [4.69, 9.17) is 5.73 Å². The van der Waals surface area contributed by atoms with E-state index in [1.807, 2.05) is 13.8 Å².